The van der Waals surface area contributed by atoms with Crippen molar-refractivity contribution >= 4 is 29.1 Å². The lowest BCUT2D eigenvalue weighted by molar-refractivity contribution is -0.119. The molecule has 0 radical (unpaired) electrons. The maximum atomic E-state index is 13.0. The Morgan fingerprint density at radius 2 is 1.93 bits per heavy atom. The molecule has 0 spiro atoms. The van der Waals surface area contributed by atoms with Crippen LogP contribution in [0.25, 0.3) is 0 Å². The van der Waals surface area contributed by atoms with Crippen LogP contribution in [0.3, 0.4) is 0 Å². The van der Waals surface area contributed by atoms with Gasteiger partial charge in [0, 0.05) is 25.1 Å². The molecule has 0 bridgehead atoms. The Labute approximate surface area is 158 Å². The first kappa shape index (κ1) is 18.6. The summed E-state index contributed by atoms with van der Waals surface area (Å²) in [5.74, 6) is -0.568. The van der Waals surface area contributed by atoms with Crippen molar-refractivity contribution in [3.8, 4) is 0 Å². The summed E-state index contributed by atoms with van der Waals surface area (Å²) in [5, 5.41) is 2.83. The fourth-order valence-corrected chi connectivity index (χ4v) is 3.32. The number of likely N-dealkylation sites (N-methyl/N-ethyl adjacent to an activating group) is 1. The van der Waals surface area contributed by atoms with Gasteiger partial charge < -0.3 is 15.1 Å². The first-order valence-corrected chi connectivity index (χ1v) is 8.90. The Morgan fingerprint density at radius 1 is 1.19 bits per heavy atom. The van der Waals surface area contributed by atoms with E-state index in [0.717, 1.165) is 5.56 Å². The average Bonchev–Trinajstić information content (AvgIpc) is 2.75. The van der Waals surface area contributed by atoms with Gasteiger partial charge in [-0.3, -0.25) is 14.4 Å². The third kappa shape index (κ3) is 4.00. The van der Waals surface area contributed by atoms with Crippen LogP contribution in [0, 0.1) is 6.92 Å². The van der Waals surface area contributed by atoms with E-state index in [1.54, 1.807) is 36.2 Å². The zero-order chi connectivity index (χ0) is 19.6. The maximum Gasteiger partial charge on any atom is 0.254 e. The van der Waals surface area contributed by atoms with Crippen LogP contribution in [0.1, 0.15) is 29.3 Å². The second-order valence-electron chi connectivity index (χ2n) is 6.91. The van der Waals surface area contributed by atoms with Crippen molar-refractivity contribution in [1.82, 2.24) is 4.90 Å². The van der Waals surface area contributed by atoms with Crippen molar-refractivity contribution < 1.29 is 14.4 Å². The lowest BCUT2D eigenvalue weighted by Crippen LogP contribution is -2.45. The van der Waals surface area contributed by atoms with Crippen molar-refractivity contribution in [3.63, 3.8) is 0 Å². The number of nitrogens with one attached hydrogen (secondary N) is 1. The third-order valence-electron chi connectivity index (χ3n) is 4.61. The molecule has 0 aliphatic carbocycles. The van der Waals surface area contributed by atoms with Crippen LogP contribution in [0.5, 0.6) is 0 Å². The van der Waals surface area contributed by atoms with Crippen molar-refractivity contribution in [1.29, 1.82) is 0 Å². The summed E-state index contributed by atoms with van der Waals surface area (Å²) in [7, 11) is 1.61. The summed E-state index contributed by atoms with van der Waals surface area (Å²) in [5.41, 5.74) is 2.79. The normalized spacial score (nSPS) is 16.2. The second kappa shape index (κ2) is 7.61. The first-order valence-electron chi connectivity index (χ1n) is 8.90. The van der Waals surface area contributed by atoms with Crippen LogP contribution in [0.2, 0.25) is 0 Å². The van der Waals surface area contributed by atoms with Crippen molar-refractivity contribution in [2.45, 2.75) is 26.3 Å². The molecule has 3 amide bonds. The number of para-hydroxylation sites is 2. The molecular weight excluding hydrogens is 342 g/mol. The number of aryl methyl sites for hydroxylation is 1. The summed E-state index contributed by atoms with van der Waals surface area (Å²) in [4.78, 5) is 40.8. The number of anilines is 2. The Kier molecular flexibility index (Phi) is 5.26. The van der Waals surface area contributed by atoms with Gasteiger partial charge in [-0.15, -0.1) is 0 Å². The van der Waals surface area contributed by atoms with E-state index in [0.29, 0.717) is 16.9 Å². The van der Waals surface area contributed by atoms with E-state index in [9.17, 15) is 14.4 Å². The monoisotopic (exact) mass is 365 g/mol. The zero-order valence-corrected chi connectivity index (χ0v) is 15.7. The smallest absolute Gasteiger partial charge is 0.254 e. The van der Waals surface area contributed by atoms with Crippen LogP contribution in [-0.2, 0) is 9.59 Å². The Balaban J connectivity index is 1.82. The molecule has 1 atom stereocenters. The lowest BCUT2D eigenvalue weighted by Gasteiger charge is -2.29. The Bertz CT molecular complexity index is 894. The van der Waals surface area contributed by atoms with Crippen LogP contribution >= 0.6 is 0 Å². The summed E-state index contributed by atoms with van der Waals surface area (Å²) in [6, 6.07) is 14.2. The van der Waals surface area contributed by atoms with Gasteiger partial charge in [0.15, 0.2) is 0 Å². The van der Waals surface area contributed by atoms with Crippen LogP contribution in [-0.4, -0.2) is 42.3 Å². The highest BCUT2D eigenvalue weighted by atomic mass is 16.2. The third-order valence-corrected chi connectivity index (χ3v) is 4.61. The molecule has 6 nitrogen and oxygen atoms in total. The standard InChI is InChI=1S/C21H23N3O3/c1-14-7-6-8-16(11-14)21(27)23(3)13-20(26)24-15(2)12-19(25)22-17-9-4-5-10-18(17)24/h4-11,15H,12-13H2,1-3H3,(H,22,25)/t15-/m1/s1. The van der Waals surface area contributed by atoms with Crippen LogP contribution < -0.4 is 10.2 Å². The molecule has 2 aromatic rings. The number of amides is 3. The largest absolute Gasteiger partial charge is 0.332 e. The van der Waals surface area contributed by atoms with E-state index in [-0.39, 0.29) is 36.7 Å². The van der Waals surface area contributed by atoms with Crippen molar-refractivity contribution in [2.24, 2.45) is 0 Å². The summed E-state index contributed by atoms with van der Waals surface area (Å²) in [6.07, 6.45) is 0.204. The predicted octanol–water partition coefficient (Wildman–Crippen LogP) is 2.83. The number of rotatable bonds is 3. The Hall–Kier alpha value is -3.15. The van der Waals surface area contributed by atoms with Gasteiger partial charge in [-0.1, -0.05) is 29.8 Å². The summed E-state index contributed by atoms with van der Waals surface area (Å²) < 4.78 is 0. The Morgan fingerprint density at radius 3 is 2.67 bits per heavy atom. The molecule has 0 aromatic heterocycles. The predicted molar refractivity (Wildman–Crippen MR) is 105 cm³/mol. The van der Waals surface area contributed by atoms with Gasteiger partial charge in [-0.05, 0) is 38.1 Å². The van der Waals surface area contributed by atoms with E-state index < -0.39 is 0 Å². The van der Waals surface area contributed by atoms with Gasteiger partial charge in [0.2, 0.25) is 11.8 Å². The highest BCUT2D eigenvalue weighted by Gasteiger charge is 2.30. The molecule has 1 aliphatic rings. The minimum absolute atomic E-state index is 0.0698. The zero-order valence-electron chi connectivity index (χ0n) is 15.7. The highest BCUT2D eigenvalue weighted by Crippen LogP contribution is 2.31. The molecule has 0 fully saturated rings. The van der Waals surface area contributed by atoms with Crippen LogP contribution in [0.4, 0.5) is 11.4 Å². The minimum atomic E-state index is -0.302. The van der Waals surface area contributed by atoms with Gasteiger partial charge >= 0.3 is 0 Å². The number of carbonyl (C=O) groups excluding carboxylic acids is 3. The highest BCUT2D eigenvalue weighted by molar-refractivity contribution is 6.06. The van der Waals surface area contributed by atoms with Crippen LogP contribution in [0.15, 0.2) is 48.5 Å². The van der Waals surface area contributed by atoms with Gasteiger partial charge in [0.1, 0.15) is 6.54 Å². The number of nitrogens with zero attached hydrogens (tertiary/aromatic N) is 2. The van der Waals surface area contributed by atoms with Gasteiger partial charge in [0.05, 0.1) is 11.4 Å². The number of benzene rings is 2. The molecule has 27 heavy (non-hydrogen) atoms. The molecule has 140 valence electrons. The topological polar surface area (TPSA) is 69.7 Å². The molecule has 1 N–H and O–H groups in total. The molecule has 1 aliphatic heterocycles. The summed E-state index contributed by atoms with van der Waals surface area (Å²) in [6.45, 7) is 3.68. The van der Waals surface area contributed by atoms with E-state index in [4.69, 9.17) is 0 Å². The second-order valence-corrected chi connectivity index (χ2v) is 6.91. The number of carbonyl (C=O) groups is 3. The molecule has 0 unspecified atom stereocenters. The molecule has 6 heteroatoms. The molecule has 0 saturated heterocycles. The molecule has 1 heterocycles. The fraction of sp³-hybridized carbons (Fsp3) is 0.286. The fourth-order valence-electron chi connectivity index (χ4n) is 3.32. The lowest BCUT2D eigenvalue weighted by atomic mass is 10.1. The van der Waals surface area contributed by atoms with Gasteiger partial charge in [0.25, 0.3) is 5.91 Å². The van der Waals surface area contributed by atoms with E-state index in [2.05, 4.69) is 5.32 Å². The number of hydrogen-bond acceptors (Lipinski definition) is 3. The number of hydrogen-bond donors (Lipinski definition) is 1. The maximum absolute atomic E-state index is 13.0. The van der Waals surface area contributed by atoms with E-state index in [1.165, 1.54) is 4.90 Å². The van der Waals surface area contributed by atoms with Crippen molar-refractivity contribution in [2.75, 3.05) is 23.8 Å². The average molecular weight is 365 g/mol. The number of fused-ring (bicyclic) bond motifs is 1. The summed E-state index contributed by atoms with van der Waals surface area (Å²) >= 11 is 0. The first-order chi connectivity index (χ1) is 12.9. The molecule has 0 saturated carbocycles. The van der Waals surface area contributed by atoms with Gasteiger partial charge in [-0.25, -0.2) is 0 Å². The van der Waals surface area contributed by atoms with E-state index >= 15 is 0 Å². The molecule has 2 aromatic carbocycles. The minimum Gasteiger partial charge on any atom is -0.332 e. The van der Waals surface area contributed by atoms with Crippen molar-refractivity contribution in [3.05, 3.63) is 59.7 Å². The quantitative estimate of drug-likeness (QED) is 0.909. The van der Waals surface area contributed by atoms with E-state index in [1.807, 2.05) is 38.1 Å². The SMILES string of the molecule is Cc1cccc(C(=O)N(C)CC(=O)N2c3ccccc3NC(=O)C[C@H]2C)c1. The molecule has 3 rings (SSSR count). The molecular formula is C21H23N3O3. The van der Waals surface area contributed by atoms with Gasteiger partial charge in [-0.2, -0.15) is 0 Å².